The van der Waals surface area contributed by atoms with Gasteiger partial charge in [-0.15, -0.1) is 24.8 Å². The summed E-state index contributed by atoms with van der Waals surface area (Å²) in [4.78, 5) is 14.3. The maximum Gasteiger partial charge on any atom is 0.323 e. The average Bonchev–Trinajstić information content (AvgIpc) is 2.88. The molecular formula is C26H35Cl3N4O6S. The van der Waals surface area contributed by atoms with Crippen LogP contribution in [0.5, 0.6) is 5.75 Å². The van der Waals surface area contributed by atoms with Gasteiger partial charge in [0.05, 0.1) is 23.9 Å². The molecule has 222 valence electrons. The number of carbonyl (C=O) groups is 1. The lowest BCUT2D eigenvalue weighted by atomic mass is 10.1. The van der Waals surface area contributed by atoms with Crippen LogP contribution in [-0.2, 0) is 19.6 Å². The summed E-state index contributed by atoms with van der Waals surface area (Å²) in [6.07, 6.45) is 5.10. The number of carbonyl (C=O) groups excluding carboxylic acids is 1. The third kappa shape index (κ3) is 10.0. The van der Waals surface area contributed by atoms with Crippen molar-refractivity contribution in [3.8, 4) is 5.75 Å². The van der Waals surface area contributed by atoms with Crippen molar-refractivity contribution in [2.45, 2.75) is 25.9 Å². The normalized spacial score (nSPS) is 14.7. The van der Waals surface area contributed by atoms with Gasteiger partial charge in [0.1, 0.15) is 11.9 Å². The molecule has 0 aromatic heterocycles. The maximum atomic E-state index is 13.2. The quantitative estimate of drug-likeness (QED) is 0.123. The van der Waals surface area contributed by atoms with Crippen molar-refractivity contribution in [1.82, 2.24) is 4.90 Å². The first kappa shape index (κ1) is 35.3. The van der Waals surface area contributed by atoms with Gasteiger partial charge >= 0.3 is 5.97 Å². The number of ether oxygens (including phenoxy) is 2. The van der Waals surface area contributed by atoms with Crippen molar-refractivity contribution in [2.24, 2.45) is 10.9 Å². The number of rotatable bonds is 11. The van der Waals surface area contributed by atoms with Crippen LogP contribution in [0, 0.1) is 0 Å². The molecule has 1 aliphatic heterocycles. The van der Waals surface area contributed by atoms with Crippen molar-refractivity contribution < 1.29 is 27.9 Å². The van der Waals surface area contributed by atoms with Crippen LogP contribution in [-0.4, -0.2) is 75.5 Å². The van der Waals surface area contributed by atoms with Gasteiger partial charge in [0.2, 0.25) is 10.0 Å². The Labute approximate surface area is 252 Å². The zero-order valence-electron chi connectivity index (χ0n) is 22.2. The molecule has 1 saturated heterocycles. The summed E-state index contributed by atoms with van der Waals surface area (Å²) in [6, 6.07) is 11.6. The van der Waals surface area contributed by atoms with Crippen LogP contribution in [0.4, 0.5) is 5.69 Å². The fourth-order valence-electron chi connectivity index (χ4n) is 3.98. The number of piperidine rings is 1. The fourth-order valence-corrected chi connectivity index (χ4v) is 5.48. The van der Waals surface area contributed by atoms with Crippen molar-refractivity contribution in [3.05, 3.63) is 64.7 Å². The van der Waals surface area contributed by atoms with Gasteiger partial charge in [-0.3, -0.25) is 9.10 Å². The Morgan fingerprint density at radius 3 is 2.55 bits per heavy atom. The molecule has 0 saturated carbocycles. The van der Waals surface area contributed by atoms with E-state index >= 15 is 0 Å². The third-order valence-electron chi connectivity index (χ3n) is 5.98. The second kappa shape index (κ2) is 16.5. The number of anilines is 1. The molecule has 1 aliphatic rings. The summed E-state index contributed by atoms with van der Waals surface area (Å²) in [6.45, 7) is 3.45. The highest BCUT2D eigenvalue weighted by Gasteiger charge is 2.27. The number of benzene rings is 2. The van der Waals surface area contributed by atoms with E-state index in [0.717, 1.165) is 30.2 Å². The number of nitrogens with zero attached hydrogens (tertiary/aromatic N) is 3. The smallest absolute Gasteiger partial charge is 0.323 e. The molecule has 1 heterocycles. The van der Waals surface area contributed by atoms with E-state index in [2.05, 4.69) is 17.1 Å². The number of amidine groups is 1. The molecule has 14 heteroatoms. The fraction of sp³-hybridized carbons (Fsp3) is 0.385. The predicted molar refractivity (Wildman–Crippen MR) is 163 cm³/mol. The monoisotopic (exact) mass is 636 g/mol. The third-order valence-corrected chi connectivity index (χ3v) is 7.90. The van der Waals surface area contributed by atoms with Crippen LogP contribution in [0.2, 0.25) is 5.02 Å². The number of nitrogens with two attached hydrogens (primary N) is 1. The number of likely N-dealkylation sites (tertiary alicyclic amines) is 1. The number of halogens is 3. The highest BCUT2D eigenvalue weighted by atomic mass is 35.5. The molecule has 0 bridgehead atoms. The van der Waals surface area contributed by atoms with Gasteiger partial charge in [-0.05, 0) is 56.6 Å². The lowest BCUT2D eigenvalue weighted by Gasteiger charge is -2.30. The van der Waals surface area contributed by atoms with Crippen LogP contribution in [0.1, 0.15) is 30.9 Å². The van der Waals surface area contributed by atoms with Gasteiger partial charge in [0.25, 0.3) is 0 Å². The predicted octanol–water partition coefficient (Wildman–Crippen LogP) is 4.16. The SMILES string of the molecule is CCOC(=O)CS(=O)(=O)N(C/C=C/c1cccc(/C(N)=N/O)c1)c1ccc(OC2CCN(C)CC2)c(Cl)c1.Cl.Cl. The summed E-state index contributed by atoms with van der Waals surface area (Å²) in [7, 11) is -2.05. The minimum absolute atomic E-state index is 0. The largest absolute Gasteiger partial charge is 0.489 e. The average molecular weight is 638 g/mol. The summed E-state index contributed by atoms with van der Waals surface area (Å²) in [5.41, 5.74) is 7.15. The number of hydrogen-bond acceptors (Lipinski definition) is 8. The van der Waals surface area contributed by atoms with Gasteiger partial charge < -0.3 is 25.3 Å². The van der Waals surface area contributed by atoms with Crippen molar-refractivity contribution in [2.75, 3.05) is 43.3 Å². The standard InChI is InChI=1S/C26H33ClN4O6S.2ClH/c1-3-36-25(32)18-38(34,35)31(13-5-7-19-6-4-8-20(16-19)26(28)29-33)21-9-10-24(23(27)17-21)37-22-11-14-30(2)15-12-22;;/h4-10,16-17,22,33H,3,11-15,18H2,1-2H3,(H2,28,29);2*1H/b7-5+;;. The molecule has 1 fully saturated rings. The van der Waals surface area contributed by atoms with Gasteiger partial charge in [0.15, 0.2) is 11.6 Å². The summed E-state index contributed by atoms with van der Waals surface area (Å²) >= 11 is 6.51. The number of oxime groups is 1. The molecule has 0 atom stereocenters. The Morgan fingerprint density at radius 1 is 1.23 bits per heavy atom. The molecule has 0 aliphatic carbocycles. The molecule has 40 heavy (non-hydrogen) atoms. The lowest BCUT2D eigenvalue weighted by molar-refractivity contribution is -0.139. The molecule has 0 unspecified atom stereocenters. The number of hydrogen-bond donors (Lipinski definition) is 2. The lowest BCUT2D eigenvalue weighted by Crippen LogP contribution is -2.36. The van der Waals surface area contributed by atoms with E-state index in [1.54, 1.807) is 55.5 Å². The van der Waals surface area contributed by atoms with E-state index in [9.17, 15) is 13.2 Å². The van der Waals surface area contributed by atoms with Crippen LogP contribution >= 0.6 is 36.4 Å². The van der Waals surface area contributed by atoms with Crippen LogP contribution in [0.3, 0.4) is 0 Å². The Morgan fingerprint density at radius 2 is 1.93 bits per heavy atom. The summed E-state index contributed by atoms with van der Waals surface area (Å²) < 4.78 is 38.5. The first-order chi connectivity index (χ1) is 18.1. The molecule has 2 aromatic carbocycles. The Kier molecular flexibility index (Phi) is 14.6. The van der Waals surface area contributed by atoms with E-state index < -0.39 is 21.7 Å². The minimum Gasteiger partial charge on any atom is -0.489 e. The molecule has 0 amide bonds. The summed E-state index contributed by atoms with van der Waals surface area (Å²) in [5.74, 6) is -1.24. The molecule has 3 rings (SSSR count). The molecule has 0 spiro atoms. The molecule has 2 aromatic rings. The van der Waals surface area contributed by atoms with Crippen molar-refractivity contribution >= 4 is 70.0 Å². The second-order valence-electron chi connectivity index (χ2n) is 8.84. The number of sulfonamides is 1. The topological polar surface area (TPSA) is 135 Å². The van der Waals surface area contributed by atoms with Gasteiger partial charge in [-0.2, -0.15) is 0 Å². The first-order valence-electron chi connectivity index (χ1n) is 12.2. The summed E-state index contributed by atoms with van der Waals surface area (Å²) in [5, 5.41) is 12.2. The highest BCUT2D eigenvalue weighted by Crippen LogP contribution is 2.32. The maximum absolute atomic E-state index is 13.2. The molecule has 0 radical (unpaired) electrons. The first-order valence-corrected chi connectivity index (χ1v) is 14.2. The minimum atomic E-state index is -4.11. The van der Waals surface area contributed by atoms with E-state index in [4.69, 9.17) is 32.0 Å². The Bertz CT molecular complexity index is 1280. The number of esters is 1. The highest BCUT2D eigenvalue weighted by molar-refractivity contribution is 7.93. The van der Waals surface area contributed by atoms with Crippen LogP contribution < -0.4 is 14.8 Å². The van der Waals surface area contributed by atoms with Gasteiger partial charge in [-0.25, -0.2) is 8.42 Å². The van der Waals surface area contributed by atoms with Crippen molar-refractivity contribution in [3.63, 3.8) is 0 Å². The van der Waals surface area contributed by atoms with E-state index in [1.807, 2.05) is 0 Å². The zero-order chi connectivity index (χ0) is 27.7. The molecular weight excluding hydrogens is 603 g/mol. The van der Waals surface area contributed by atoms with Crippen LogP contribution in [0.25, 0.3) is 6.08 Å². The van der Waals surface area contributed by atoms with E-state index in [1.165, 1.54) is 6.07 Å². The Balaban J connectivity index is 0.00000400. The van der Waals surface area contributed by atoms with Crippen LogP contribution in [0.15, 0.2) is 53.7 Å². The zero-order valence-corrected chi connectivity index (χ0v) is 25.4. The molecule has 10 nitrogen and oxygen atoms in total. The Hall–Kier alpha value is -2.70. The van der Waals surface area contributed by atoms with Gasteiger partial charge in [-0.1, -0.05) is 47.1 Å². The van der Waals surface area contributed by atoms with E-state index in [0.29, 0.717) is 16.9 Å². The molecule has 3 N–H and O–H groups in total. The second-order valence-corrected chi connectivity index (χ2v) is 11.1. The van der Waals surface area contributed by atoms with Crippen molar-refractivity contribution in [1.29, 1.82) is 0 Å². The van der Waals surface area contributed by atoms with E-state index in [-0.39, 0.29) is 60.6 Å². The van der Waals surface area contributed by atoms with Gasteiger partial charge in [0, 0.05) is 18.7 Å².